The summed E-state index contributed by atoms with van der Waals surface area (Å²) in [6, 6.07) is 6.79. The summed E-state index contributed by atoms with van der Waals surface area (Å²) >= 11 is 0. The minimum atomic E-state index is -0.196. The standard InChI is InChI=1S/C14H21FN2/c1-14(9-3-2-4-10-14)13(17-16)11-5-7-12(15)8-6-11/h5-8,13,17H,2-4,9-10,16H2,1H3. The van der Waals surface area contributed by atoms with Crippen LogP contribution in [-0.2, 0) is 0 Å². The number of rotatable bonds is 3. The third-order valence-electron chi connectivity index (χ3n) is 4.06. The first-order valence-electron chi connectivity index (χ1n) is 6.37. The van der Waals surface area contributed by atoms with E-state index >= 15 is 0 Å². The Morgan fingerprint density at radius 3 is 2.29 bits per heavy atom. The molecule has 1 aromatic carbocycles. The fourth-order valence-electron chi connectivity index (χ4n) is 3.00. The van der Waals surface area contributed by atoms with E-state index < -0.39 is 0 Å². The van der Waals surface area contributed by atoms with E-state index in [1.807, 2.05) is 12.1 Å². The largest absolute Gasteiger partial charge is 0.271 e. The molecule has 94 valence electrons. The predicted molar refractivity (Wildman–Crippen MR) is 67.7 cm³/mol. The highest BCUT2D eigenvalue weighted by atomic mass is 19.1. The Morgan fingerprint density at radius 1 is 1.18 bits per heavy atom. The fraction of sp³-hybridized carbons (Fsp3) is 0.571. The lowest BCUT2D eigenvalue weighted by molar-refractivity contribution is 0.145. The van der Waals surface area contributed by atoms with Gasteiger partial charge in [0.15, 0.2) is 0 Å². The van der Waals surface area contributed by atoms with E-state index in [4.69, 9.17) is 5.84 Å². The van der Waals surface area contributed by atoms with Crippen LogP contribution in [0, 0.1) is 11.2 Å². The van der Waals surface area contributed by atoms with Crippen molar-refractivity contribution in [3.05, 3.63) is 35.6 Å². The van der Waals surface area contributed by atoms with E-state index in [-0.39, 0.29) is 17.3 Å². The molecule has 3 heteroatoms. The summed E-state index contributed by atoms with van der Waals surface area (Å²) in [6.45, 7) is 2.28. The molecule has 0 aromatic heterocycles. The van der Waals surface area contributed by atoms with Crippen LogP contribution in [0.4, 0.5) is 4.39 Å². The van der Waals surface area contributed by atoms with Gasteiger partial charge in [0.25, 0.3) is 0 Å². The summed E-state index contributed by atoms with van der Waals surface area (Å²) in [7, 11) is 0. The Kier molecular flexibility index (Phi) is 3.79. The smallest absolute Gasteiger partial charge is 0.123 e. The molecule has 0 heterocycles. The molecular weight excluding hydrogens is 215 g/mol. The van der Waals surface area contributed by atoms with Gasteiger partial charge in [-0.2, -0.15) is 0 Å². The van der Waals surface area contributed by atoms with Crippen molar-refractivity contribution in [3.63, 3.8) is 0 Å². The number of nitrogens with two attached hydrogens (primary N) is 1. The molecule has 2 rings (SSSR count). The minimum absolute atomic E-state index is 0.114. The van der Waals surface area contributed by atoms with Crippen LogP contribution in [0.25, 0.3) is 0 Å². The molecule has 1 fully saturated rings. The highest BCUT2D eigenvalue weighted by Gasteiger charge is 2.35. The number of hydrogen-bond acceptors (Lipinski definition) is 2. The molecule has 1 saturated carbocycles. The maximum Gasteiger partial charge on any atom is 0.123 e. The number of nitrogens with one attached hydrogen (secondary N) is 1. The molecule has 2 nitrogen and oxygen atoms in total. The molecule has 17 heavy (non-hydrogen) atoms. The number of benzene rings is 1. The van der Waals surface area contributed by atoms with Crippen LogP contribution >= 0.6 is 0 Å². The summed E-state index contributed by atoms with van der Waals surface area (Å²) in [5.41, 5.74) is 4.19. The second-order valence-corrected chi connectivity index (χ2v) is 5.37. The predicted octanol–water partition coefficient (Wildman–Crippen LogP) is 3.30. The Balaban J connectivity index is 2.22. The van der Waals surface area contributed by atoms with Gasteiger partial charge < -0.3 is 0 Å². The van der Waals surface area contributed by atoms with Crippen LogP contribution in [0.1, 0.15) is 50.6 Å². The zero-order valence-corrected chi connectivity index (χ0v) is 10.4. The molecule has 1 unspecified atom stereocenters. The van der Waals surface area contributed by atoms with Gasteiger partial charge in [-0.3, -0.25) is 11.3 Å². The molecule has 3 N–H and O–H groups in total. The summed E-state index contributed by atoms with van der Waals surface area (Å²) < 4.78 is 12.9. The highest BCUT2D eigenvalue weighted by molar-refractivity contribution is 5.22. The molecule has 0 spiro atoms. The van der Waals surface area contributed by atoms with Crippen molar-refractivity contribution in [2.75, 3.05) is 0 Å². The molecule has 0 amide bonds. The van der Waals surface area contributed by atoms with E-state index in [2.05, 4.69) is 12.3 Å². The van der Waals surface area contributed by atoms with Gasteiger partial charge in [0.2, 0.25) is 0 Å². The van der Waals surface area contributed by atoms with Crippen molar-refractivity contribution >= 4 is 0 Å². The van der Waals surface area contributed by atoms with Crippen molar-refractivity contribution in [3.8, 4) is 0 Å². The van der Waals surface area contributed by atoms with Gasteiger partial charge in [-0.25, -0.2) is 4.39 Å². The van der Waals surface area contributed by atoms with Gasteiger partial charge in [-0.05, 0) is 36.0 Å². The van der Waals surface area contributed by atoms with Crippen LogP contribution < -0.4 is 11.3 Å². The van der Waals surface area contributed by atoms with Gasteiger partial charge in [0.05, 0.1) is 6.04 Å². The monoisotopic (exact) mass is 236 g/mol. The van der Waals surface area contributed by atoms with Gasteiger partial charge in [0.1, 0.15) is 5.82 Å². The minimum Gasteiger partial charge on any atom is -0.271 e. The van der Waals surface area contributed by atoms with Crippen LogP contribution in [0.5, 0.6) is 0 Å². The molecule has 0 radical (unpaired) electrons. The third kappa shape index (κ3) is 2.67. The van der Waals surface area contributed by atoms with E-state index in [0.29, 0.717) is 0 Å². The first-order chi connectivity index (χ1) is 8.15. The topological polar surface area (TPSA) is 38.0 Å². The average molecular weight is 236 g/mol. The number of hydrogen-bond donors (Lipinski definition) is 2. The Labute approximate surface area is 102 Å². The molecule has 1 aliphatic carbocycles. The lowest BCUT2D eigenvalue weighted by Crippen LogP contribution is -2.41. The van der Waals surface area contributed by atoms with Crippen molar-refractivity contribution in [2.45, 2.75) is 45.1 Å². The summed E-state index contributed by atoms with van der Waals surface area (Å²) in [5.74, 6) is 5.52. The molecule has 1 aliphatic rings. The first-order valence-corrected chi connectivity index (χ1v) is 6.37. The SMILES string of the molecule is CC1(C(NN)c2ccc(F)cc2)CCCCC1. The van der Waals surface area contributed by atoms with Crippen LogP contribution in [0.15, 0.2) is 24.3 Å². The van der Waals surface area contributed by atoms with Gasteiger partial charge in [-0.1, -0.05) is 38.3 Å². The molecule has 1 atom stereocenters. The Bertz CT molecular complexity index is 355. The summed E-state index contributed by atoms with van der Waals surface area (Å²) in [6.07, 6.45) is 6.19. The van der Waals surface area contributed by atoms with Gasteiger partial charge >= 0.3 is 0 Å². The third-order valence-corrected chi connectivity index (χ3v) is 4.06. The van der Waals surface area contributed by atoms with E-state index in [1.165, 1.54) is 44.2 Å². The van der Waals surface area contributed by atoms with Crippen LogP contribution in [-0.4, -0.2) is 0 Å². The Morgan fingerprint density at radius 2 is 1.76 bits per heavy atom. The van der Waals surface area contributed by atoms with Gasteiger partial charge in [0, 0.05) is 0 Å². The average Bonchev–Trinajstić information content (AvgIpc) is 2.33. The number of halogens is 1. The maximum atomic E-state index is 12.9. The maximum absolute atomic E-state index is 12.9. The highest BCUT2D eigenvalue weighted by Crippen LogP contribution is 2.45. The van der Waals surface area contributed by atoms with Crippen molar-refractivity contribution in [2.24, 2.45) is 11.3 Å². The fourth-order valence-corrected chi connectivity index (χ4v) is 3.00. The summed E-state index contributed by atoms with van der Waals surface area (Å²) in [4.78, 5) is 0. The van der Waals surface area contributed by atoms with Crippen molar-refractivity contribution in [1.82, 2.24) is 5.43 Å². The normalized spacial score (nSPS) is 21.1. The van der Waals surface area contributed by atoms with Crippen molar-refractivity contribution in [1.29, 1.82) is 0 Å². The molecule has 1 aromatic rings. The molecule has 0 saturated heterocycles. The molecule has 0 aliphatic heterocycles. The lowest BCUT2D eigenvalue weighted by Gasteiger charge is -2.40. The zero-order chi connectivity index (χ0) is 12.3. The van der Waals surface area contributed by atoms with Gasteiger partial charge in [-0.15, -0.1) is 0 Å². The van der Waals surface area contributed by atoms with Crippen LogP contribution in [0.2, 0.25) is 0 Å². The quantitative estimate of drug-likeness (QED) is 0.624. The summed E-state index contributed by atoms with van der Waals surface area (Å²) in [5, 5.41) is 0. The molecule has 0 bridgehead atoms. The van der Waals surface area contributed by atoms with E-state index in [1.54, 1.807) is 0 Å². The zero-order valence-electron chi connectivity index (χ0n) is 10.4. The number of hydrazine groups is 1. The lowest BCUT2D eigenvalue weighted by atomic mass is 9.69. The van der Waals surface area contributed by atoms with Crippen molar-refractivity contribution < 1.29 is 4.39 Å². The second-order valence-electron chi connectivity index (χ2n) is 5.37. The molecular formula is C14H21FN2. The van der Waals surface area contributed by atoms with Crippen LogP contribution in [0.3, 0.4) is 0 Å². The second kappa shape index (κ2) is 5.15. The Hall–Kier alpha value is -0.930. The first kappa shape index (κ1) is 12.5. The van der Waals surface area contributed by atoms with E-state index in [9.17, 15) is 4.39 Å². The van der Waals surface area contributed by atoms with E-state index in [0.717, 1.165) is 5.56 Å².